The smallest absolute Gasteiger partial charge is 0.413 e. The zero-order valence-corrected chi connectivity index (χ0v) is 21.7. The third-order valence-electron chi connectivity index (χ3n) is 6.09. The number of carboxylic acids is 1. The standard InChI is InChI=1S/C27H21N5O4S2/c1-32-26(29-27(35)36-14-15-5-3-2-4-6-15)25(30-31-32)23-12-22-21(38-23)11-20(37-22)16-7-8-18-17(10-24(33)34)13-28-19(18)9-16/h2-9,11-13,28H,10,14H2,1H3,(H,29,35)(H,33,34). The Labute approximate surface area is 224 Å². The van der Waals surface area contributed by atoms with E-state index in [0.29, 0.717) is 11.5 Å². The van der Waals surface area contributed by atoms with Crippen LogP contribution in [0.2, 0.25) is 0 Å². The fourth-order valence-electron chi connectivity index (χ4n) is 4.26. The van der Waals surface area contributed by atoms with Crippen LogP contribution in [0, 0.1) is 0 Å². The summed E-state index contributed by atoms with van der Waals surface area (Å²) in [6, 6.07) is 19.7. The molecule has 4 heterocycles. The van der Waals surface area contributed by atoms with Crippen LogP contribution in [0.1, 0.15) is 11.1 Å². The number of aromatic amines is 1. The number of carboxylic acid groups (broad SMARTS) is 1. The van der Waals surface area contributed by atoms with E-state index >= 15 is 0 Å². The molecule has 0 unspecified atom stereocenters. The Morgan fingerprint density at radius 2 is 1.82 bits per heavy atom. The lowest BCUT2D eigenvalue weighted by Gasteiger charge is -2.08. The van der Waals surface area contributed by atoms with E-state index in [2.05, 4.69) is 32.7 Å². The van der Waals surface area contributed by atoms with Crippen LogP contribution < -0.4 is 5.32 Å². The number of aryl methyl sites for hydroxylation is 1. The van der Waals surface area contributed by atoms with Crippen molar-refractivity contribution in [3.05, 3.63) is 78.0 Å². The second-order valence-electron chi connectivity index (χ2n) is 8.69. The minimum absolute atomic E-state index is 0.0131. The maximum Gasteiger partial charge on any atom is 0.413 e. The molecule has 0 aliphatic heterocycles. The number of aliphatic carboxylic acids is 1. The fraction of sp³-hybridized carbons (Fsp3) is 0.111. The van der Waals surface area contributed by atoms with Gasteiger partial charge in [-0.3, -0.25) is 10.1 Å². The molecule has 0 saturated carbocycles. The number of aromatic nitrogens is 4. The molecule has 0 aliphatic rings. The first kappa shape index (κ1) is 23.9. The maximum atomic E-state index is 12.5. The number of carbonyl (C=O) groups excluding carboxylic acids is 1. The lowest BCUT2D eigenvalue weighted by molar-refractivity contribution is -0.136. The summed E-state index contributed by atoms with van der Waals surface area (Å²) in [6.45, 7) is 0.167. The van der Waals surface area contributed by atoms with Crippen LogP contribution in [0.15, 0.2) is 66.9 Å². The molecule has 0 atom stereocenters. The monoisotopic (exact) mass is 543 g/mol. The van der Waals surface area contributed by atoms with Crippen molar-refractivity contribution in [3.8, 4) is 21.0 Å². The van der Waals surface area contributed by atoms with E-state index in [1.165, 1.54) is 4.68 Å². The number of H-pyrrole nitrogens is 1. The van der Waals surface area contributed by atoms with Crippen molar-refractivity contribution in [1.29, 1.82) is 0 Å². The zero-order valence-electron chi connectivity index (χ0n) is 20.1. The molecule has 6 aromatic rings. The number of benzene rings is 2. The molecule has 0 fully saturated rings. The largest absolute Gasteiger partial charge is 0.481 e. The topological polar surface area (TPSA) is 122 Å². The van der Waals surface area contributed by atoms with Gasteiger partial charge in [-0.25, -0.2) is 9.48 Å². The van der Waals surface area contributed by atoms with Gasteiger partial charge < -0.3 is 14.8 Å². The van der Waals surface area contributed by atoms with Gasteiger partial charge in [-0.2, -0.15) is 0 Å². The molecule has 0 spiro atoms. The van der Waals surface area contributed by atoms with Crippen LogP contribution >= 0.6 is 22.7 Å². The minimum atomic E-state index is -0.852. The Balaban J connectivity index is 1.22. The minimum Gasteiger partial charge on any atom is -0.481 e. The van der Waals surface area contributed by atoms with Gasteiger partial charge in [-0.15, -0.1) is 27.8 Å². The predicted molar refractivity (Wildman–Crippen MR) is 149 cm³/mol. The molecule has 1 amide bonds. The summed E-state index contributed by atoms with van der Waals surface area (Å²) in [7, 11) is 1.72. The maximum absolute atomic E-state index is 12.5. The number of ether oxygens (including phenoxy) is 1. The Morgan fingerprint density at radius 3 is 2.61 bits per heavy atom. The number of hydrogen-bond acceptors (Lipinski definition) is 7. The highest BCUT2D eigenvalue weighted by molar-refractivity contribution is 7.31. The Bertz CT molecular complexity index is 1770. The van der Waals surface area contributed by atoms with E-state index in [0.717, 1.165) is 46.7 Å². The second kappa shape index (κ2) is 9.77. The molecular weight excluding hydrogens is 522 g/mol. The van der Waals surface area contributed by atoms with Gasteiger partial charge in [0.2, 0.25) is 0 Å². The Morgan fingerprint density at radius 1 is 1.05 bits per heavy atom. The van der Waals surface area contributed by atoms with E-state index < -0.39 is 12.1 Å². The van der Waals surface area contributed by atoms with Gasteiger partial charge in [-0.05, 0) is 34.9 Å². The summed E-state index contributed by atoms with van der Waals surface area (Å²) in [6.07, 6.45) is 1.17. The van der Waals surface area contributed by atoms with Crippen LogP contribution in [-0.4, -0.2) is 37.1 Å². The summed E-state index contributed by atoms with van der Waals surface area (Å²) in [5.74, 6) is -0.388. The molecule has 0 aliphatic carbocycles. The number of hydrogen-bond donors (Lipinski definition) is 3. The van der Waals surface area contributed by atoms with Crippen LogP contribution in [0.3, 0.4) is 0 Å². The normalized spacial score (nSPS) is 11.3. The highest BCUT2D eigenvalue weighted by atomic mass is 32.1. The second-order valence-corrected chi connectivity index (χ2v) is 10.9. The molecular formula is C27H21N5O4S2. The third kappa shape index (κ3) is 4.64. The van der Waals surface area contributed by atoms with Crippen LogP contribution in [0.25, 0.3) is 41.3 Å². The molecule has 0 bridgehead atoms. The molecule has 6 rings (SSSR count). The molecule has 2 aromatic carbocycles. The lowest BCUT2D eigenvalue weighted by Crippen LogP contribution is -2.16. The van der Waals surface area contributed by atoms with Crippen LogP contribution in [-0.2, 0) is 29.6 Å². The first-order valence-electron chi connectivity index (χ1n) is 11.7. The fourth-order valence-corrected chi connectivity index (χ4v) is 6.64. The van der Waals surface area contributed by atoms with Gasteiger partial charge in [-0.1, -0.05) is 47.7 Å². The number of thiophene rings is 2. The molecule has 0 saturated heterocycles. The SMILES string of the molecule is Cn1nnc(-c2cc3sc(-c4ccc5c(CC(=O)O)c[nH]c5c4)cc3s2)c1NC(=O)OCc1ccccc1. The molecule has 11 heteroatoms. The molecule has 3 N–H and O–H groups in total. The summed E-state index contributed by atoms with van der Waals surface area (Å²) in [5.41, 5.74) is 4.22. The highest BCUT2D eigenvalue weighted by Gasteiger charge is 2.20. The molecule has 9 nitrogen and oxygen atoms in total. The van der Waals surface area contributed by atoms with Gasteiger partial charge in [0.25, 0.3) is 0 Å². The van der Waals surface area contributed by atoms with Gasteiger partial charge in [0, 0.05) is 38.4 Å². The summed E-state index contributed by atoms with van der Waals surface area (Å²) in [5, 5.41) is 21.2. The van der Waals surface area contributed by atoms with E-state index in [4.69, 9.17) is 9.84 Å². The van der Waals surface area contributed by atoms with Crippen molar-refractivity contribution in [3.63, 3.8) is 0 Å². The van der Waals surface area contributed by atoms with Crippen molar-refractivity contribution in [2.45, 2.75) is 13.0 Å². The molecule has 4 aromatic heterocycles. The summed E-state index contributed by atoms with van der Waals surface area (Å²) in [4.78, 5) is 28.8. The number of carbonyl (C=O) groups is 2. The number of anilines is 1. The average Bonchev–Trinajstić information content (AvgIpc) is 3.67. The van der Waals surface area contributed by atoms with Gasteiger partial charge >= 0.3 is 12.1 Å². The van der Waals surface area contributed by atoms with E-state index in [1.807, 2.05) is 48.5 Å². The number of fused-ring (bicyclic) bond motifs is 2. The molecule has 190 valence electrons. The summed E-state index contributed by atoms with van der Waals surface area (Å²) < 4.78 is 9.08. The van der Waals surface area contributed by atoms with Crippen molar-refractivity contribution >= 4 is 60.9 Å². The first-order chi connectivity index (χ1) is 18.4. The van der Waals surface area contributed by atoms with Crippen molar-refractivity contribution in [2.75, 3.05) is 5.32 Å². The van der Waals surface area contributed by atoms with E-state index in [1.54, 1.807) is 35.9 Å². The average molecular weight is 544 g/mol. The summed E-state index contributed by atoms with van der Waals surface area (Å²) >= 11 is 3.23. The molecule has 38 heavy (non-hydrogen) atoms. The van der Waals surface area contributed by atoms with E-state index in [9.17, 15) is 9.59 Å². The first-order valence-corrected chi connectivity index (χ1v) is 13.3. The van der Waals surface area contributed by atoms with Gasteiger partial charge in [0.05, 0.1) is 11.3 Å². The number of amides is 1. The highest BCUT2D eigenvalue weighted by Crippen LogP contribution is 2.43. The number of rotatable bonds is 7. The van der Waals surface area contributed by atoms with E-state index in [-0.39, 0.29) is 13.0 Å². The number of nitrogens with one attached hydrogen (secondary N) is 2. The van der Waals surface area contributed by atoms with Crippen LogP contribution in [0.4, 0.5) is 10.6 Å². The number of nitrogens with zero attached hydrogens (tertiary/aromatic N) is 3. The lowest BCUT2D eigenvalue weighted by atomic mass is 10.1. The van der Waals surface area contributed by atoms with Crippen LogP contribution in [0.5, 0.6) is 0 Å². The molecule has 0 radical (unpaired) electrons. The van der Waals surface area contributed by atoms with Crippen molar-refractivity contribution < 1.29 is 19.4 Å². The third-order valence-corrected chi connectivity index (χ3v) is 8.44. The Hall–Kier alpha value is -4.48. The van der Waals surface area contributed by atoms with Crippen molar-refractivity contribution in [1.82, 2.24) is 20.0 Å². The van der Waals surface area contributed by atoms with Gasteiger partial charge in [0.1, 0.15) is 12.3 Å². The van der Waals surface area contributed by atoms with Crippen molar-refractivity contribution in [2.24, 2.45) is 7.05 Å². The predicted octanol–water partition coefficient (Wildman–Crippen LogP) is 6.28. The zero-order chi connectivity index (χ0) is 26.2. The van der Waals surface area contributed by atoms with Gasteiger partial charge in [0.15, 0.2) is 5.82 Å². The quantitative estimate of drug-likeness (QED) is 0.218. The Kier molecular flexibility index (Phi) is 6.14.